The highest BCUT2D eigenvalue weighted by Gasteiger charge is 2.07. The van der Waals surface area contributed by atoms with Crippen molar-refractivity contribution >= 4 is 12.0 Å². The minimum atomic E-state index is -1.10. The van der Waals surface area contributed by atoms with E-state index in [-0.39, 0.29) is 6.54 Å². The Labute approximate surface area is 81.4 Å². The van der Waals surface area contributed by atoms with E-state index in [9.17, 15) is 9.59 Å². The van der Waals surface area contributed by atoms with E-state index in [0.29, 0.717) is 0 Å². The molecule has 0 rings (SSSR count). The van der Waals surface area contributed by atoms with E-state index in [4.69, 9.17) is 14.6 Å². The number of carboxylic acid groups (broad SMARTS) is 1. The Morgan fingerprint density at radius 2 is 1.86 bits per heavy atom. The van der Waals surface area contributed by atoms with E-state index in [1.165, 1.54) is 14.2 Å². The van der Waals surface area contributed by atoms with Crippen LogP contribution in [0.25, 0.3) is 0 Å². The van der Waals surface area contributed by atoms with Gasteiger partial charge in [-0.05, 0) is 0 Å². The minimum absolute atomic E-state index is 0.151. The highest BCUT2D eigenvalue weighted by atomic mass is 16.7. The molecule has 82 valence electrons. The van der Waals surface area contributed by atoms with Crippen molar-refractivity contribution in [3.63, 3.8) is 0 Å². The highest BCUT2D eigenvalue weighted by molar-refractivity contribution is 5.79. The van der Waals surface area contributed by atoms with Crippen LogP contribution in [0.4, 0.5) is 4.79 Å². The predicted octanol–water partition coefficient (Wildman–Crippen LogP) is -1.01. The highest BCUT2D eigenvalue weighted by Crippen LogP contribution is 1.86. The van der Waals surface area contributed by atoms with Crippen LogP contribution >= 0.6 is 0 Å². The number of urea groups is 1. The van der Waals surface area contributed by atoms with Crippen LogP contribution in [0.5, 0.6) is 0 Å². The molecule has 0 aromatic heterocycles. The van der Waals surface area contributed by atoms with Crippen molar-refractivity contribution in [2.24, 2.45) is 0 Å². The zero-order valence-electron chi connectivity index (χ0n) is 8.07. The maximum atomic E-state index is 10.9. The second kappa shape index (κ2) is 7.10. The molecule has 0 heterocycles. The lowest BCUT2D eigenvalue weighted by Crippen LogP contribution is -2.42. The first-order valence-electron chi connectivity index (χ1n) is 3.89. The van der Waals surface area contributed by atoms with Gasteiger partial charge in [0.1, 0.15) is 6.54 Å². The van der Waals surface area contributed by atoms with Crippen molar-refractivity contribution < 1.29 is 24.2 Å². The van der Waals surface area contributed by atoms with Crippen LogP contribution in [0.1, 0.15) is 0 Å². The molecule has 0 unspecified atom stereocenters. The SMILES string of the molecule is COC(CNC(=O)NCC(=O)O)OC. The number of methoxy groups -OCH3 is 2. The van der Waals surface area contributed by atoms with Crippen molar-refractivity contribution in [1.82, 2.24) is 10.6 Å². The molecule has 7 nitrogen and oxygen atoms in total. The number of carbonyl (C=O) groups is 2. The van der Waals surface area contributed by atoms with Crippen molar-refractivity contribution in [3.8, 4) is 0 Å². The molecule has 0 aliphatic carbocycles. The maximum Gasteiger partial charge on any atom is 0.323 e. The van der Waals surface area contributed by atoms with Gasteiger partial charge in [0.15, 0.2) is 6.29 Å². The summed E-state index contributed by atoms with van der Waals surface area (Å²) in [4.78, 5) is 20.9. The van der Waals surface area contributed by atoms with Crippen molar-refractivity contribution in [1.29, 1.82) is 0 Å². The summed E-state index contributed by atoms with van der Waals surface area (Å²) in [6.45, 7) is -0.269. The zero-order chi connectivity index (χ0) is 11.0. The molecule has 2 amide bonds. The molecule has 0 aromatic carbocycles. The van der Waals surface area contributed by atoms with E-state index < -0.39 is 24.8 Å². The average molecular weight is 206 g/mol. The van der Waals surface area contributed by atoms with Crippen LogP contribution < -0.4 is 10.6 Å². The fourth-order valence-corrected chi connectivity index (χ4v) is 0.657. The summed E-state index contributed by atoms with van der Waals surface area (Å²) >= 11 is 0. The molecule has 0 atom stereocenters. The second-order valence-corrected chi connectivity index (χ2v) is 2.36. The Balaban J connectivity index is 3.57. The fourth-order valence-electron chi connectivity index (χ4n) is 0.657. The van der Waals surface area contributed by atoms with Gasteiger partial charge < -0.3 is 25.2 Å². The van der Waals surface area contributed by atoms with E-state index in [2.05, 4.69) is 10.6 Å². The Morgan fingerprint density at radius 3 is 2.29 bits per heavy atom. The third-order valence-corrected chi connectivity index (χ3v) is 1.36. The van der Waals surface area contributed by atoms with Gasteiger partial charge in [0.25, 0.3) is 0 Å². The van der Waals surface area contributed by atoms with E-state index in [0.717, 1.165) is 0 Å². The second-order valence-electron chi connectivity index (χ2n) is 2.36. The number of carbonyl (C=O) groups excluding carboxylic acids is 1. The molecule has 0 aliphatic heterocycles. The molecule has 3 N–H and O–H groups in total. The summed E-state index contributed by atoms with van der Waals surface area (Å²) in [7, 11) is 2.87. The summed E-state index contributed by atoms with van der Waals surface area (Å²) in [6.07, 6.45) is -0.537. The van der Waals surface area contributed by atoms with Crippen LogP contribution in [0.2, 0.25) is 0 Å². The number of hydrogen-bond acceptors (Lipinski definition) is 4. The number of aliphatic carboxylic acids is 1. The molecule has 0 aromatic rings. The van der Waals surface area contributed by atoms with Crippen LogP contribution in [0.15, 0.2) is 0 Å². The fraction of sp³-hybridized carbons (Fsp3) is 0.714. The first-order chi connectivity index (χ1) is 6.60. The predicted molar refractivity (Wildman–Crippen MR) is 46.8 cm³/mol. The van der Waals surface area contributed by atoms with Crippen molar-refractivity contribution in [2.75, 3.05) is 27.3 Å². The van der Waals surface area contributed by atoms with Gasteiger partial charge in [-0.1, -0.05) is 0 Å². The van der Waals surface area contributed by atoms with Gasteiger partial charge in [0.2, 0.25) is 0 Å². The summed E-state index contributed by atoms with van der Waals surface area (Å²) in [5.41, 5.74) is 0. The number of hydrogen-bond donors (Lipinski definition) is 3. The molecule has 0 radical (unpaired) electrons. The zero-order valence-corrected chi connectivity index (χ0v) is 8.07. The first-order valence-corrected chi connectivity index (χ1v) is 3.89. The summed E-state index contributed by atoms with van der Waals surface area (Å²) in [5, 5.41) is 12.7. The summed E-state index contributed by atoms with van der Waals surface area (Å²) in [6, 6.07) is -0.577. The van der Waals surface area contributed by atoms with Crippen LogP contribution in [-0.4, -0.2) is 50.7 Å². The molecular formula is C7H14N2O5. The molecular weight excluding hydrogens is 192 g/mol. The Bertz CT molecular complexity index is 193. The Morgan fingerprint density at radius 1 is 1.29 bits per heavy atom. The van der Waals surface area contributed by atoms with Gasteiger partial charge in [-0.25, -0.2) is 4.79 Å². The Hall–Kier alpha value is -1.34. The van der Waals surface area contributed by atoms with Gasteiger partial charge in [-0.3, -0.25) is 4.79 Å². The average Bonchev–Trinajstić information content (AvgIpc) is 2.16. The van der Waals surface area contributed by atoms with Crippen LogP contribution in [0.3, 0.4) is 0 Å². The maximum absolute atomic E-state index is 10.9. The quantitative estimate of drug-likeness (QED) is 0.484. The molecule has 0 saturated heterocycles. The normalized spacial score (nSPS) is 9.93. The molecule has 14 heavy (non-hydrogen) atoms. The molecule has 0 saturated carbocycles. The Kier molecular flexibility index (Phi) is 6.42. The van der Waals surface area contributed by atoms with Gasteiger partial charge in [0, 0.05) is 14.2 Å². The first kappa shape index (κ1) is 12.7. The van der Waals surface area contributed by atoms with E-state index in [1.54, 1.807) is 0 Å². The molecule has 0 fully saturated rings. The number of ether oxygens (including phenoxy) is 2. The van der Waals surface area contributed by atoms with Crippen molar-refractivity contribution in [2.45, 2.75) is 6.29 Å². The summed E-state index contributed by atoms with van der Waals surface area (Å²) < 4.78 is 9.59. The molecule has 7 heteroatoms. The van der Waals surface area contributed by atoms with E-state index >= 15 is 0 Å². The standard InChI is InChI=1S/C7H14N2O5/c1-13-6(14-2)4-9-7(12)8-3-5(10)11/h6H,3-4H2,1-2H3,(H,10,11)(H2,8,9,12). The van der Waals surface area contributed by atoms with E-state index in [1.807, 2.05) is 0 Å². The number of amides is 2. The number of rotatable bonds is 6. The lowest BCUT2D eigenvalue weighted by atomic mass is 10.6. The molecule has 0 bridgehead atoms. The smallest absolute Gasteiger partial charge is 0.323 e. The van der Waals surface area contributed by atoms with Crippen LogP contribution in [-0.2, 0) is 14.3 Å². The number of nitrogens with one attached hydrogen (secondary N) is 2. The summed E-state index contributed by atoms with van der Waals surface area (Å²) in [5.74, 6) is -1.10. The van der Waals surface area contributed by atoms with Gasteiger partial charge in [0.05, 0.1) is 6.54 Å². The monoisotopic (exact) mass is 206 g/mol. The third-order valence-electron chi connectivity index (χ3n) is 1.36. The number of carboxylic acids is 1. The van der Waals surface area contributed by atoms with Gasteiger partial charge in [-0.15, -0.1) is 0 Å². The topological polar surface area (TPSA) is 96.9 Å². The lowest BCUT2D eigenvalue weighted by Gasteiger charge is -2.13. The largest absolute Gasteiger partial charge is 0.480 e. The van der Waals surface area contributed by atoms with Gasteiger partial charge >= 0.3 is 12.0 Å². The minimum Gasteiger partial charge on any atom is -0.480 e. The van der Waals surface area contributed by atoms with Crippen LogP contribution in [0, 0.1) is 0 Å². The lowest BCUT2D eigenvalue weighted by molar-refractivity contribution is -0.135. The third kappa shape index (κ3) is 6.21. The molecule has 0 spiro atoms. The van der Waals surface area contributed by atoms with Gasteiger partial charge in [-0.2, -0.15) is 0 Å². The molecule has 0 aliphatic rings. The van der Waals surface area contributed by atoms with Crippen molar-refractivity contribution in [3.05, 3.63) is 0 Å².